The molecule has 156 valence electrons. The van der Waals surface area contributed by atoms with Crippen molar-refractivity contribution in [3.05, 3.63) is 105 Å². The SMILES string of the molecule is Cc1cc(C)cc(NC2=C(c3ccc(Cl)cc3Cl)C(=O)N(Cc3ccccc3)C2=O)c1. The van der Waals surface area contributed by atoms with Crippen LogP contribution in [0.25, 0.3) is 5.57 Å². The summed E-state index contributed by atoms with van der Waals surface area (Å²) in [6, 6.07) is 20.2. The van der Waals surface area contributed by atoms with Crippen molar-refractivity contribution >= 4 is 46.3 Å². The third-order valence-corrected chi connectivity index (χ3v) is 5.59. The van der Waals surface area contributed by atoms with Gasteiger partial charge in [-0.25, -0.2) is 0 Å². The highest BCUT2D eigenvalue weighted by Gasteiger charge is 2.40. The molecule has 1 heterocycles. The summed E-state index contributed by atoms with van der Waals surface area (Å²) in [7, 11) is 0. The first-order chi connectivity index (χ1) is 14.8. The van der Waals surface area contributed by atoms with Gasteiger partial charge in [0.15, 0.2) is 0 Å². The molecule has 0 bridgehead atoms. The number of halogens is 2. The molecule has 6 heteroatoms. The predicted octanol–water partition coefficient (Wildman–Crippen LogP) is 6.00. The molecule has 3 aromatic rings. The molecule has 0 fully saturated rings. The van der Waals surface area contributed by atoms with Crippen molar-refractivity contribution in [2.45, 2.75) is 20.4 Å². The fraction of sp³-hybridized carbons (Fsp3) is 0.120. The van der Waals surface area contributed by atoms with Gasteiger partial charge in [-0.15, -0.1) is 0 Å². The summed E-state index contributed by atoms with van der Waals surface area (Å²) in [6.45, 7) is 4.13. The molecule has 4 rings (SSSR count). The zero-order chi connectivity index (χ0) is 22.1. The Hall–Kier alpha value is -3.08. The lowest BCUT2D eigenvalue weighted by atomic mass is 10.0. The van der Waals surface area contributed by atoms with Gasteiger partial charge in [0.1, 0.15) is 5.70 Å². The van der Waals surface area contributed by atoms with E-state index in [1.807, 2.05) is 62.4 Å². The Morgan fingerprint density at radius 2 is 1.52 bits per heavy atom. The number of hydrogen-bond acceptors (Lipinski definition) is 3. The van der Waals surface area contributed by atoms with E-state index in [0.29, 0.717) is 15.6 Å². The second-order valence-corrected chi connectivity index (χ2v) is 8.40. The van der Waals surface area contributed by atoms with Crippen molar-refractivity contribution in [3.8, 4) is 0 Å². The number of hydrogen-bond donors (Lipinski definition) is 1. The van der Waals surface area contributed by atoms with Gasteiger partial charge in [0.25, 0.3) is 11.8 Å². The monoisotopic (exact) mass is 450 g/mol. The molecular weight excluding hydrogens is 431 g/mol. The van der Waals surface area contributed by atoms with Crippen molar-refractivity contribution in [2.24, 2.45) is 0 Å². The van der Waals surface area contributed by atoms with E-state index in [-0.39, 0.29) is 17.8 Å². The predicted molar refractivity (Wildman–Crippen MR) is 125 cm³/mol. The highest BCUT2D eigenvalue weighted by molar-refractivity contribution is 6.41. The lowest BCUT2D eigenvalue weighted by Gasteiger charge is -2.15. The topological polar surface area (TPSA) is 49.4 Å². The number of benzene rings is 3. The maximum absolute atomic E-state index is 13.4. The molecule has 1 N–H and O–H groups in total. The number of rotatable bonds is 5. The fourth-order valence-corrected chi connectivity index (χ4v) is 4.24. The summed E-state index contributed by atoms with van der Waals surface area (Å²) in [5.74, 6) is -0.793. The molecule has 0 saturated heterocycles. The van der Waals surface area contributed by atoms with Crippen LogP contribution in [0.15, 0.2) is 72.4 Å². The van der Waals surface area contributed by atoms with Crippen LogP contribution >= 0.6 is 23.2 Å². The third kappa shape index (κ3) is 4.36. The number of carbonyl (C=O) groups is 2. The average Bonchev–Trinajstić information content (AvgIpc) is 2.93. The number of anilines is 1. The minimum absolute atomic E-state index is 0.172. The molecule has 0 unspecified atom stereocenters. The van der Waals surface area contributed by atoms with Gasteiger partial charge in [-0.3, -0.25) is 14.5 Å². The van der Waals surface area contributed by atoms with E-state index in [2.05, 4.69) is 5.32 Å². The largest absolute Gasteiger partial charge is 0.350 e. The smallest absolute Gasteiger partial charge is 0.278 e. The molecular formula is C25H20Cl2N2O2. The van der Waals surface area contributed by atoms with Crippen LogP contribution in [-0.4, -0.2) is 16.7 Å². The van der Waals surface area contributed by atoms with Gasteiger partial charge >= 0.3 is 0 Å². The summed E-state index contributed by atoms with van der Waals surface area (Å²) in [5.41, 5.74) is 4.60. The Bertz CT molecular complexity index is 1200. The third-order valence-electron chi connectivity index (χ3n) is 5.04. The van der Waals surface area contributed by atoms with E-state index in [0.717, 1.165) is 22.4 Å². The molecule has 0 spiro atoms. The number of amides is 2. The second kappa shape index (κ2) is 8.58. The van der Waals surface area contributed by atoms with E-state index < -0.39 is 11.8 Å². The average molecular weight is 451 g/mol. The Balaban J connectivity index is 1.80. The van der Waals surface area contributed by atoms with Crippen LogP contribution in [0.1, 0.15) is 22.3 Å². The Morgan fingerprint density at radius 1 is 0.839 bits per heavy atom. The van der Waals surface area contributed by atoms with Crippen molar-refractivity contribution in [1.29, 1.82) is 0 Å². The van der Waals surface area contributed by atoms with Gasteiger partial charge in [0, 0.05) is 16.3 Å². The van der Waals surface area contributed by atoms with E-state index >= 15 is 0 Å². The van der Waals surface area contributed by atoms with Gasteiger partial charge in [-0.05, 0) is 54.8 Å². The first kappa shape index (κ1) is 21.2. The number of imide groups is 1. The van der Waals surface area contributed by atoms with Gasteiger partial charge < -0.3 is 5.32 Å². The summed E-state index contributed by atoms with van der Waals surface area (Å²) in [4.78, 5) is 28.0. The van der Waals surface area contributed by atoms with E-state index in [1.165, 1.54) is 4.90 Å². The molecule has 4 nitrogen and oxygen atoms in total. The minimum Gasteiger partial charge on any atom is -0.350 e. The fourth-order valence-electron chi connectivity index (χ4n) is 3.73. The Morgan fingerprint density at radius 3 is 2.16 bits per heavy atom. The standard InChI is InChI=1S/C25H20Cl2N2O2/c1-15-10-16(2)12-19(11-15)28-23-22(20-9-8-18(26)13-21(20)27)24(30)29(25(23)31)14-17-6-4-3-5-7-17/h3-13,28H,14H2,1-2H3. The second-order valence-electron chi connectivity index (χ2n) is 7.56. The van der Waals surface area contributed by atoms with Crippen LogP contribution in [0.3, 0.4) is 0 Å². The Kier molecular flexibility index (Phi) is 5.86. The Labute approximate surface area is 191 Å². The lowest BCUT2D eigenvalue weighted by molar-refractivity contribution is -0.137. The highest BCUT2D eigenvalue weighted by atomic mass is 35.5. The van der Waals surface area contributed by atoms with Crippen LogP contribution in [0.5, 0.6) is 0 Å². The molecule has 1 aliphatic rings. The van der Waals surface area contributed by atoms with Crippen molar-refractivity contribution in [1.82, 2.24) is 4.90 Å². The van der Waals surface area contributed by atoms with Crippen LogP contribution in [0, 0.1) is 13.8 Å². The van der Waals surface area contributed by atoms with E-state index in [9.17, 15) is 9.59 Å². The van der Waals surface area contributed by atoms with Crippen LogP contribution < -0.4 is 5.32 Å². The quantitative estimate of drug-likeness (QED) is 0.484. The maximum atomic E-state index is 13.4. The molecule has 0 aliphatic carbocycles. The normalized spacial score (nSPS) is 13.9. The molecule has 3 aromatic carbocycles. The van der Waals surface area contributed by atoms with Crippen LogP contribution in [0.4, 0.5) is 5.69 Å². The highest BCUT2D eigenvalue weighted by Crippen LogP contribution is 2.36. The minimum atomic E-state index is -0.398. The summed E-state index contributed by atoms with van der Waals surface area (Å²) in [5, 5.41) is 3.95. The van der Waals surface area contributed by atoms with Gasteiger partial charge in [-0.2, -0.15) is 0 Å². The first-order valence-corrected chi connectivity index (χ1v) is 10.5. The summed E-state index contributed by atoms with van der Waals surface area (Å²) in [6.07, 6.45) is 0. The molecule has 2 amide bonds. The van der Waals surface area contributed by atoms with E-state index in [4.69, 9.17) is 23.2 Å². The van der Waals surface area contributed by atoms with Gasteiger partial charge in [0.2, 0.25) is 0 Å². The van der Waals surface area contributed by atoms with Crippen molar-refractivity contribution in [3.63, 3.8) is 0 Å². The molecule has 0 radical (unpaired) electrons. The van der Waals surface area contributed by atoms with Gasteiger partial charge in [0.05, 0.1) is 17.1 Å². The molecule has 0 atom stereocenters. The number of aryl methyl sites for hydroxylation is 2. The van der Waals surface area contributed by atoms with Crippen LogP contribution in [-0.2, 0) is 16.1 Å². The van der Waals surface area contributed by atoms with Crippen molar-refractivity contribution in [2.75, 3.05) is 5.32 Å². The zero-order valence-electron chi connectivity index (χ0n) is 17.1. The van der Waals surface area contributed by atoms with Gasteiger partial charge in [-0.1, -0.05) is 65.7 Å². The van der Waals surface area contributed by atoms with Crippen LogP contribution in [0.2, 0.25) is 10.0 Å². The lowest BCUT2D eigenvalue weighted by Crippen LogP contribution is -2.32. The van der Waals surface area contributed by atoms with Crippen molar-refractivity contribution < 1.29 is 9.59 Å². The molecule has 1 aliphatic heterocycles. The number of nitrogens with zero attached hydrogens (tertiary/aromatic N) is 1. The molecule has 0 saturated carbocycles. The number of carbonyl (C=O) groups excluding carboxylic acids is 2. The maximum Gasteiger partial charge on any atom is 0.278 e. The number of nitrogens with one attached hydrogen (secondary N) is 1. The first-order valence-electron chi connectivity index (χ1n) is 9.78. The molecule has 0 aromatic heterocycles. The zero-order valence-corrected chi connectivity index (χ0v) is 18.6. The summed E-state index contributed by atoms with van der Waals surface area (Å²) >= 11 is 12.5. The summed E-state index contributed by atoms with van der Waals surface area (Å²) < 4.78 is 0. The molecule has 31 heavy (non-hydrogen) atoms. The van der Waals surface area contributed by atoms with E-state index in [1.54, 1.807) is 18.2 Å².